The van der Waals surface area contributed by atoms with Gasteiger partial charge in [-0.05, 0) is 32.0 Å². The molecular weight excluding hydrogens is 270 g/mol. The molecule has 0 saturated heterocycles. The van der Waals surface area contributed by atoms with Crippen LogP contribution in [-0.2, 0) is 10.3 Å². The van der Waals surface area contributed by atoms with Gasteiger partial charge in [0.15, 0.2) is 5.76 Å². The molecule has 1 aliphatic rings. The van der Waals surface area contributed by atoms with Gasteiger partial charge in [-0.3, -0.25) is 4.79 Å². The second-order valence-electron chi connectivity index (χ2n) is 5.35. The Morgan fingerprint density at radius 2 is 1.95 bits per heavy atom. The van der Waals surface area contributed by atoms with Crippen LogP contribution in [0, 0.1) is 0 Å². The summed E-state index contributed by atoms with van der Waals surface area (Å²) < 4.78 is 10.4. The number of carbonyl (C=O) groups is 1. The van der Waals surface area contributed by atoms with Gasteiger partial charge in [0.2, 0.25) is 5.78 Å². The number of hydrogen-bond acceptors (Lipinski definition) is 4. The molecule has 1 heterocycles. The van der Waals surface area contributed by atoms with Crippen molar-refractivity contribution in [2.75, 3.05) is 14.2 Å². The van der Waals surface area contributed by atoms with Crippen LogP contribution in [0.5, 0.6) is 5.75 Å². The lowest BCUT2D eigenvalue weighted by Crippen LogP contribution is -2.33. The van der Waals surface area contributed by atoms with Crippen molar-refractivity contribution >= 4 is 16.7 Å². The standard InChI is InChI=1S/C16H17NO4/c1-8-14(21-4)13(18)12-10-7-9(20-3)5-6-11(10)17-15(12)16(8,2)19/h5-7,17,19H,1-4H3. The normalized spacial score (nSPS) is 21.7. The van der Waals surface area contributed by atoms with Crippen LogP contribution in [-0.4, -0.2) is 30.1 Å². The maximum atomic E-state index is 12.7. The molecule has 0 amide bonds. The van der Waals surface area contributed by atoms with Crippen molar-refractivity contribution in [3.8, 4) is 5.75 Å². The van der Waals surface area contributed by atoms with E-state index in [0.717, 1.165) is 10.9 Å². The zero-order valence-corrected chi connectivity index (χ0v) is 12.4. The smallest absolute Gasteiger partial charge is 0.230 e. The molecule has 110 valence electrons. The van der Waals surface area contributed by atoms with Gasteiger partial charge in [0.05, 0.1) is 25.5 Å². The van der Waals surface area contributed by atoms with E-state index in [0.29, 0.717) is 22.6 Å². The Morgan fingerprint density at radius 3 is 2.57 bits per heavy atom. The SMILES string of the molecule is COC1=C(C)C(C)(O)c2[nH]c3ccc(OC)cc3c2C1=O. The lowest BCUT2D eigenvalue weighted by atomic mass is 9.82. The minimum Gasteiger partial charge on any atom is -0.497 e. The van der Waals surface area contributed by atoms with E-state index in [9.17, 15) is 9.90 Å². The van der Waals surface area contributed by atoms with Crippen molar-refractivity contribution in [2.24, 2.45) is 0 Å². The van der Waals surface area contributed by atoms with Crippen LogP contribution < -0.4 is 4.74 Å². The van der Waals surface area contributed by atoms with Crippen LogP contribution in [0.25, 0.3) is 10.9 Å². The molecule has 1 aromatic carbocycles. The zero-order valence-electron chi connectivity index (χ0n) is 12.4. The van der Waals surface area contributed by atoms with Gasteiger partial charge in [0.25, 0.3) is 0 Å². The average Bonchev–Trinajstić information content (AvgIpc) is 2.85. The second kappa shape index (κ2) is 4.36. The Labute approximate surface area is 122 Å². The number of carbonyl (C=O) groups excluding carboxylic acids is 1. The summed E-state index contributed by atoms with van der Waals surface area (Å²) >= 11 is 0. The van der Waals surface area contributed by atoms with E-state index in [1.54, 1.807) is 33.1 Å². The summed E-state index contributed by atoms with van der Waals surface area (Å²) in [5.41, 5.74) is 0.937. The second-order valence-corrected chi connectivity index (χ2v) is 5.35. The third kappa shape index (κ3) is 1.70. The van der Waals surface area contributed by atoms with Gasteiger partial charge in [0, 0.05) is 16.5 Å². The first-order valence-corrected chi connectivity index (χ1v) is 6.64. The number of H-pyrrole nitrogens is 1. The van der Waals surface area contributed by atoms with E-state index < -0.39 is 5.60 Å². The molecule has 1 unspecified atom stereocenters. The highest BCUT2D eigenvalue weighted by molar-refractivity contribution is 6.18. The summed E-state index contributed by atoms with van der Waals surface area (Å²) in [5.74, 6) is 0.620. The maximum absolute atomic E-state index is 12.7. The fourth-order valence-electron chi connectivity index (χ4n) is 2.84. The van der Waals surface area contributed by atoms with Gasteiger partial charge in [-0.25, -0.2) is 0 Å². The zero-order chi connectivity index (χ0) is 15.4. The summed E-state index contributed by atoms with van der Waals surface area (Å²) in [7, 11) is 3.01. The molecule has 5 heteroatoms. The van der Waals surface area contributed by atoms with E-state index in [1.165, 1.54) is 7.11 Å². The Morgan fingerprint density at radius 1 is 1.24 bits per heavy atom. The highest BCUT2D eigenvalue weighted by atomic mass is 16.5. The first-order valence-electron chi connectivity index (χ1n) is 6.64. The molecule has 5 nitrogen and oxygen atoms in total. The van der Waals surface area contributed by atoms with E-state index in [-0.39, 0.29) is 11.5 Å². The predicted octanol–water partition coefficient (Wildman–Crippen LogP) is 2.50. The fourth-order valence-corrected chi connectivity index (χ4v) is 2.84. The number of hydrogen-bond donors (Lipinski definition) is 2. The first-order chi connectivity index (χ1) is 9.91. The van der Waals surface area contributed by atoms with Crippen molar-refractivity contribution in [3.63, 3.8) is 0 Å². The molecule has 1 aromatic heterocycles. The van der Waals surface area contributed by atoms with Crippen molar-refractivity contribution in [3.05, 3.63) is 40.8 Å². The molecule has 0 fully saturated rings. The number of ether oxygens (including phenoxy) is 2. The number of Topliss-reactive ketones (excluding diaryl/α,β-unsaturated/α-hetero) is 1. The molecule has 2 N–H and O–H groups in total. The number of benzene rings is 1. The Kier molecular flexibility index (Phi) is 2.85. The molecule has 1 aliphatic carbocycles. The lowest BCUT2D eigenvalue weighted by Gasteiger charge is -2.30. The van der Waals surface area contributed by atoms with Crippen molar-refractivity contribution in [1.82, 2.24) is 4.98 Å². The third-order valence-electron chi connectivity index (χ3n) is 4.20. The van der Waals surface area contributed by atoms with Gasteiger partial charge in [-0.15, -0.1) is 0 Å². The molecule has 0 saturated carbocycles. The molecule has 1 atom stereocenters. The molecule has 0 radical (unpaired) electrons. The number of aromatic nitrogens is 1. The van der Waals surface area contributed by atoms with Crippen LogP contribution in [0.2, 0.25) is 0 Å². The highest BCUT2D eigenvalue weighted by Crippen LogP contribution is 2.42. The Bertz CT molecular complexity index is 783. The fraction of sp³-hybridized carbons (Fsp3) is 0.312. The molecule has 3 rings (SSSR count). The number of fused-ring (bicyclic) bond motifs is 3. The minimum absolute atomic E-state index is 0.191. The number of aromatic amines is 1. The average molecular weight is 287 g/mol. The number of allylic oxidation sites excluding steroid dienone is 1. The van der Waals surface area contributed by atoms with E-state index in [4.69, 9.17) is 9.47 Å². The van der Waals surface area contributed by atoms with Crippen molar-refractivity contribution in [1.29, 1.82) is 0 Å². The molecule has 0 bridgehead atoms. The molecule has 2 aromatic rings. The highest BCUT2D eigenvalue weighted by Gasteiger charge is 2.42. The maximum Gasteiger partial charge on any atom is 0.230 e. The van der Waals surface area contributed by atoms with E-state index in [2.05, 4.69) is 4.98 Å². The van der Waals surface area contributed by atoms with Crippen LogP contribution in [0.1, 0.15) is 29.9 Å². The topological polar surface area (TPSA) is 71.6 Å². The summed E-state index contributed by atoms with van der Waals surface area (Å²) in [6.07, 6.45) is 0. The first kappa shape index (κ1) is 13.7. The predicted molar refractivity (Wildman–Crippen MR) is 78.5 cm³/mol. The van der Waals surface area contributed by atoms with Crippen molar-refractivity contribution < 1.29 is 19.4 Å². The van der Waals surface area contributed by atoms with Gasteiger partial charge in [-0.2, -0.15) is 0 Å². The molecule has 21 heavy (non-hydrogen) atoms. The molecular formula is C16H17NO4. The largest absolute Gasteiger partial charge is 0.497 e. The summed E-state index contributed by atoms with van der Waals surface area (Å²) in [4.78, 5) is 15.8. The van der Waals surface area contributed by atoms with Crippen molar-refractivity contribution in [2.45, 2.75) is 19.4 Å². The Balaban J connectivity index is 2.37. The minimum atomic E-state index is -1.28. The van der Waals surface area contributed by atoms with Gasteiger partial charge in [-0.1, -0.05) is 0 Å². The van der Waals surface area contributed by atoms with E-state index in [1.807, 2.05) is 6.07 Å². The third-order valence-corrected chi connectivity index (χ3v) is 4.20. The van der Waals surface area contributed by atoms with Gasteiger partial charge in [0.1, 0.15) is 11.4 Å². The van der Waals surface area contributed by atoms with Crippen LogP contribution in [0.3, 0.4) is 0 Å². The van der Waals surface area contributed by atoms with Gasteiger partial charge >= 0.3 is 0 Å². The Hall–Kier alpha value is -2.27. The van der Waals surface area contributed by atoms with Crippen LogP contribution in [0.4, 0.5) is 0 Å². The number of rotatable bonds is 2. The molecule has 0 spiro atoms. The lowest BCUT2D eigenvalue weighted by molar-refractivity contribution is 0.0696. The molecule has 0 aliphatic heterocycles. The quantitative estimate of drug-likeness (QED) is 0.890. The number of ketones is 1. The number of methoxy groups -OCH3 is 2. The summed E-state index contributed by atoms with van der Waals surface area (Å²) in [6, 6.07) is 5.42. The van der Waals surface area contributed by atoms with Gasteiger partial charge < -0.3 is 19.6 Å². The number of nitrogens with one attached hydrogen (secondary N) is 1. The van der Waals surface area contributed by atoms with Crippen LogP contribution in [0.15, 0.2) is 29.5 Å². The van der Waals surface area contributed by atoms with E-state index >= 15 is 0 Å². The van der Waals surface area contributed by atoms with Crippen LogP contribution >= 0.6 is 0 Å². The summed E-state index contributed by atoms with van der Waals surface area (Å²) in [5, 5.41) is 11.5. The summed E-state index contributed by atoms with van der Waals surface area (Å²) in [6.45, 7) is 3.35. The monoisotopic (exact) mass is 287 g/mol. The number of aliphatic hydroxyl groups is 1.